The van der Waals surface area contributed by atoms with Crippen LogP contribution >= 0.6 is 0 Å². The summed E-state index contributed by atoms with van der Waals surface area (Å²) < 4.78 is 4.68. The second-order valence-corrected chi connectivity index (χ2v) is 13.7. The molecular weight excluding hydrogens is 512 g/mol. The molecule has 0 unspecified atom stereocenters. The van der Waals surface area contributed by atoms with Gasteiger partial charge < -0.3 is 4.74 Å². The molecule has 0 atom stereocenters. The maximum atomic E-state index is 11.1. The number of unbranched alkanes of at least 4 members (excludes halogenated alkanes) is 35. The van der Waals surface area contributed by atoms with Gasteiger partial charge in [0.15, 0.2) is 0 Å². The molecule has 0 N–H and O–H groups in total. The van der Waals surface area contributed by atoms with E-state index < -0.39 is 0 Å². The molecule has 0 rings (SSSR count). The third-order valence-corrected chi connectivity index (χ3v) is 9.46. The van der Waals surface area contributed by atoms with Crippen molar-refractivity contribution in [2.24, 2.45) is 0 Å². The first kappa shape index (κ1) is 41.5. The number of carbonyl (C=O) groups excluding carboxylic acids is 1. The van der Waals surface area contributed by atoms with Gasteiger partial charge in [-0.3, -0.25) is 4.79 Å². The van der Waals surface area contributed by atoms with Crippen LogP contribution in [0.4, 0.5) is 0 Å². The monoisotopic (exact) mass is 593 g/mol. The number of hydrogen-bond acceptors (Lipinski definition) is 2. The number of esters is 1. The summed E-state index contributed by atoms with van der Waals surface area (Å²) in [6.07, 6.45) is 52.2. The highest BCUT2D eigenvalue weighted by molar-refractivity contribution is 5.68. The summed E-state index contributed by atoms with van der Waals surface area (Å²) in [7, 11) is 1.48. The molecule has 252 valence electrons. The Morgan fingerprint density at radius 2 is 0.476 bits per heavy atom. The summed E-state index contributed by atoms with van der Waals surface area (Å²) in [5, 5.41) is 0. The van der Waals surface area contributed by atoms with Crippen LogP contribution in [-0.4, -0.2) is 13.1 Å². The van der Waals surface area contributed by atoms with Crippen LogP contribution in [0.1, 0.15) is 244 Å². The maximum Gasteiger partial charge on any atom is 0.305 e. The second kappa shape index (κ2) is 38.5. The van der Waals surface area contributed by atoms with Crippen molar-refractivity contribution in [3.05, 3.63) is 0 Å². The molecular formula is C40H80O2. The smallest absolute Gasteiger partial charge is 0.305 e. The average Bonchev–Trinajstić information content (AvgIpc) is 3.00. The molecule has 2 heteroatoms. The molecule has 0 aromatic rings. The fourth-order valence-electron chi connectivity index (χ4n) is 6.46. The predicted molar refractivity (Wildman–Crippen MR) is 189 cm³/mol. The first-order chi connectivity index (χ1) is 20.8. The zero-order valence-corrected chi connectivity index (χ0v) is 29.5. The molecule has 0 fully saturated rings. The normalized spacial score (nSPS) is 11.4. The van der Waals surface area contributed by atoms with E-state index in [9.17, 15) is 4.79 Å². The fourth-order valence-corrected chi connectivity index (χ4v) is 6.46. The Balaban J connectivity index is 3.04. The van der Waals surface area contributed by atoms with Crippen molar-refractivity contribution in [3.8, 4) is 0 Å². The highest BCUT2D eigenvalue weighted by Crippen LogP contribution is 2.17. The molecule has 0 saturated carbocycles. The molecule has 0 saturated heterocycles. The lowest BCUT2D eigenvalue weighted by molar-refractivity contribution is -0.140. The Hall–Kier alpha value is -0.530. The van der Waals surface area contributed by atoms with Crippen LogP contribution in [0.25, 0.3) is 0 Å². The lowest BCUT2D eigenvalue weighted by Gasteiger charge is -2.05. The summed E-state index contributed by atoms with van der Waals surface area (Å²) in [6, 6.07) is 0. The summed E-state index contributed by atoms with van der Waals surface area (Å²) >= 11 is 0. The Morgan fingerprint density at radius 3 is 0.643 bits per heavy atom. The minimum absolute atomic E-state index is 0.0591. The second-order valence-electron chi connectivity index (χ2n) is 13.7. The third-order valence-electron chi connectivity index (χ3n) is 9.46. The topological polar surface area (TPSA) is 26.3 Å². The molecule has 0 aliphatic rings. The average molecular weight is 593 g/mol. The first-order valence-corrected chi connectivity index (χ1v) is 19.9. The lowest BCUT2D eigenvalue weighted by atomic mass is 10.0. The van der Waals surface area contributed by atoms with E-state index in [1.54, 1.807) is 0 Å². The van der Waals surface area contributed by atoms with Crippen LogP contribution < -0.4 is 0 Å². The van der Waals surface area contributed by atoms with Gasteiger partial charge in [-0.05, 0) is 6.42 Å². The molecule has 0 aliphatic heterocycles. The molecule has 2 nitrogen and oxygen atoms in total. The van der Waals surface area contributed by atoms with E-state index in [1.807, 2.05) is 0 Å². The van der Waals surface area contributed by atoms with Crippen LogP contribution in [0.2, 0.25) is 0 Å². The largest absolute Gasteiger partial charge is 0.469 e. The molecule has 0 bridgehead atoms. The van der Waals surface area contributed by atoms with Crippen molar-refractivity contribution in [3.63, 3.8) is 0 Å². The van der Waals surface area contributed by atoms with E-state index in [2.05, 4.69) is 11.7 Å². The van der Waals surface area contributed by atoms with Crippen molar-refractivity contribution >= 4 is 5.97 Å². The van der Waals surface area contributed by atoms with Crippen molar-refractivity contribution < 1.29 is 9.53 Å². The number of ether oxygens (including phenoxy) is 1. The van der Waals surface area contributed by atoms with E-state index in [1.165, 1.54) is 232 Å². The molecule has 0 aromatic carbocycles. The van der Waals surface area contributed by atoms with Gasteiger partial charge in [-0.25, -0.2) is 0 Å². The quantitative estimate of drug-likeness (QED) is 0.0529. The third kappa shape index (κ3) is 37.5. The van der Waals surface area contributed by atoms with E-state index in [-0.39, 0.29) is 5.97 Å². The van der Waals surface area contributed by atoms with Gasteiger partial charge >= 0.3 is 5.97 Å². The van der Waals surface area contributed by atoms with Gasteiger partial charge in [0.25, 0.3) is 0 Å². The minimum atomic E-state index is -0.0591. The standard InChI is InChI=1S/C40H80O2/c1-3-4-5-6-7-8-9-10-11-12-13-14-15-16-17-18-19-20-21-22-23-24-25-26-27-28-29-30-31-32-33-34-35-36-37-38-39-40(41)42-2/h3-39H2,1-2H3. The first-order valence-electron chi connectivity index (χ1n) is 19.9. The van der Waals surface area contributed by atoms with Crippen LogP contribution in [-0.2, 0) is 9.53 Å². The van der Waals surface area contributed by atoms with Crippen molar-refractivity contribution in [1.82, 2.24) is 0 Å². The molecule has 0 radical (unpaired) electrons. The highest BCUT2D eigenvalue weighted by atomic mass is 16.5. The minimum Gasteiger partial charge on any atom is -0.469 e. The highest BCUT2D eigenvalue weighted by Gasteiger charge is 2.00. The van der Waals surface area contributed by atoms with Gasteiger partial charge in [-0.2, -0.15) is 0 Å². The van der Waals surface area contributed by atoms with Crippen molar-refractivity contribution in [2.75, 3.05) is 7.11 Å². The molecule has 0 heterocycles. The summed E-state index contributed by atoms with van der Waals surface area (Å²) in [6.45, 7) is 2.31. The van der Waals surface area contributed by atoms with Crippen LogP contribution in [0.5, 0.6) is 0 Å². The zero-order chi connectivity index (χ0) is 30.4. The van der Waals surface area contributed by atoms with E-state index >= 15 is 0 Å². The predicted octanol–water partition coefficient (Wildman–Crippen LogP) is 14.6. The van der Waals surface area contributed by atoms with Crippen molar-refractivity contribution in [2.45, 2.75) is 244 Å². The number of methoxy groups -OCH3 is 1. The fraction of sp³-hybridized carbons (Fsp3) is 0.975. The van der Waals surface area contributed by atoms with Gasteiger partial charge in [0, 0.05) is 6.42 Å². The number of rotatable bonds is 37. The summed E-state index contributed by atoms with van der Waals surface area (Å²) in [5.74, 6) is -0.0591. The Bertz CT molecular complexity index is 488. The lowest BCUT2D eigenvalue weighted by Crippen LogP contribution is -1.99. The number of carbonyl (C=O) groups is 1. The number of hydrogen-bond donors (Lipinski definition) is 0. The van der Waals surface area contributed by atoms with Crippen LogP contribution in [0.3, 0.4) is 0 Å². The Labute approximate surface area is 266 Å². The summed E-state index contributed by atoms with van der Waals surface area (Å²) in [4.78, 5) is 11.1. The van der Waals surface area contributed by atoms with E-state index in [0.29, 0.717) is 6.42 Å². The van der Waals surface area contributed by atoms with Gasteiger partial charge in [-0.15, -0.1) is 0 Å². The van der Waals surface area contributed by atoms with Crippen molar-refractivity contribution in [1.29, 1.82) is 0 Å². The Morgan fingerprint density at radius 1 is 0.310 bits per heavy atom. The molecule has 42 heavy (non-hydrogen) atoms. The molecule has 0 amide bonds. The summed E-state index contributed by atoms with van der Waals surface area (Å²) in [5.41, 5.74) is 0. The maximum absolute atomic E-state index is 11.1. The van der Waals surface area contributed by atoms with E-state index in [4.69, 9.17) is 0 Å². The van der Waals surface area contributed by atoms with Gasteiger partial charge in [0.05, 0.1) is 7.11 Å². The van der Waals surface area contributed by atoms with Crippen LogP contribution in [0, 0.1) is 0 Å². The van der Waals surface area contributed by atoms with Crippen LogP contribution in [0.15, 0.2) is 0 Å². The van der Waals surface area contributed by atoms with Gasteiger partial charge in [-0.1, -0.05) is 232 Å². The van der Waals surface area contributed by atoms with Gasteiger partial charge in [0.2, 0.25) is 0 Å². The van der Waals surface area contributed by atoms with E-state index in [0.717, 1.165) is 6.42 Å². The molecule has 0 spiro atoms. The van der Waals surface area contributed by atoms with Gasteiger partial charge in [0.1, 0.15) is 0 Å². The molecule has 0 aliphatic carbocycles. The zero-order valence-electron chi connectivity index (χ0n) is 29.5. The molecule has 0 aromatic heterocycles. The SMILES string of the molecule is CCCCCCCCCCCCCCCCCCCCCCCCCCCCCCCCCCCCCCC(=O)OC. The Kier molecular flexibility index (Phi) is 38.0.